The smallest absolute Gasteiger partial charge is 0.462 e. The van der Waals surface area contributed by atoms with Gasteiger partial charge in [-0.1, -0.05) is 260 Å². The zero-order valence-electron chi connectivity index (χ0n) is 63.1. The summed E-state index contributed by atoms with van der Waals surface area (Å²) >= 11 is 0. The van der Waals surface area contributed by atoms with E-state index in [1.165, 1.54) is 103 Å². The van der Waals surface area contributed by atoms with Gasteiger partial charge in [0.25, 0.3) is 0 Å². The summed E-state index contributed by atoms with van der Waals surface area (Å²) in [4.78, 5) is 72.9. The molecule has 0 aliphatic heterocycles. The average Bonchev–Trinajstić information content (AvgIpc) is 0.965. The van der Waals surface area contributed by atoms with Crippen molar-refractivity contribution >= 4 is 39.5 Å². The maximum atomic E-state index is 13.1. The van der Waals surface area contributed by atoms with E-state index in [1.54, 1.807) is 0 Å². The lowest BCUT2D eigenvalue weighted by Crippen LogP contribution is -2.30. The average molecular weight is 1450 g/mol. The van der Waals surface area contributed by atoms with Crippen LogP contribution in [-0.4, -0.2) is 96.7 Å². The summed E-state index contributed by atoms with van der Waals surface area (Å²) in [7, 11) is -9.97. The topological polar surface area (TPSA) is 237 Å². The van der Waals surface area contributed by atoms with E-state index >= 15 is 0 Å². The van der Waals surface area contributed by atoms with Crippen LogP contribution in [-0.2, 0) is 65.4 Å². The number of ether oxygens (including phenoxy) is 4. The van der Waals surface area contributed by atoms with Crippen LogP contribution in [0.15, 0.2) is 97.2 Å². The van der Waals surface area contributed by atoms with Crippen LogP contribution in [0.25, 0.3) is 0 Å². The number of aliphatic hydroxyl groups excluding tert-OH is 1. The molecule has 0 heterocycles. The first-order chi connectivity index (χ1) is 48.7. The summed E-state index contributed by atoms with van der Waals surface area (Å²) in [6.07, 6.45) is 76.8. The largest absolute Gasteiger partial charge is 0.472 e. The number of carbonyl (C=O) groups is 4. The van der Waals surface area contributed by atoms with E-state index in [2.05, 4.69) is 113 Å². The van der Waals surface area contributed by atoms with Crippen molar-refractivity contribution in [2.24, 2.45) is 0 Å². The van der Waals surface area contributed by atoms with E-state index < -0.39 is 97.5 Å². The van der Waals surface area contributed by atoms with Crippen LogP contribution < -0.4 is 0 Å². The van der Waals surface area contributed by atoms with Gasteiger partial charge in [0, 0.05) is 25.7 Å². The second kappa shape index (κ2) is 73.3. The van der Waals surface area contributed by atoms with Crippen molar-refractivity contribution in [2.75, 3.05) is 39.6 Å². The van der Waals surface area contributed by atoms with Gasteiger partial charge in [-0.2, -0.15) is 0 Å². The predicted molar refractivity (Wildman–Crippen MR) is 409 cm³/mol. The molecule has 19 heteroatoms. The monoisotopic (exact) mass is 1450 g/mol. The van der Waals surface area contributed by atoms with Gasteiger partial charge in [0.15, 0.2) is 12.2 Å². The van der Waals surface area contributed by atoms with Crippen molar-refractivity contribution in [1.82, 2.24) is 0 Å². The quantitative estimate of drug-likeness (QED) is 0.0169. The highest BCUT2D eigenvalue weighted by molar-refractivity contribution is 7.47. The summed E-state index contributed by atoms with van der Waals surface area (Å²) in [5.74, 6) is -2.26. The first-order valence-electron chi connectivity index (χ1n) is 39.5. The molecule has 0 aromatic rings. The number of unbranched alkanes of at least 4 members (excludes halogenated alkanes) is 32. The SMILES string of the molecule is CCCCC/C=C\C/C=C\C/C=C\C/C=C\CCCC(=O)OC[C@H](COP(=O)(O)OC[C@@H](O)COP(=O)(O)OC[C@@H](COC(=O)CCCCCCC/C=C\C/C=C\CCCCC)OC(=O)CCCCCCC/C=C\CCCCCCCC)OC(=O)CCCCCCC/C=C\CCCCCC. The lowest BCUT2D eigenvalue weighted by atomic mass is 10.1. The van der Waals surface area contributed by atoms with Crippen LogP contribution >= 0.6 is 15.6 Å². The number of allylic oxidation sites excluding steroid dienone is 16. The molecular weight excluding hydrogens is 1310 g/mol. The standard InChI is InChI=1S/C81H142O17P2/c1-5-9-13-17-21-25-29-33-36-37-40-43-46-50-54-58-62-66-79(84)92-71-76(97-80(85)67-63-59-55-51-47-41-32-28-24-20-16-12-8-4)73-95-99(87,88)93-69-75(82)70-94-100(89,90)96-74-77(98-81(86)68-64-60-56-52-48-44-39-35-31-27-23-19-15-11-7-3)72-91-78(83)65-61-57-53-49-45-42-38-34-30-26-22-18-14-10-6-2/h21-22,25-26,28,32-36,38-40,43,50,54,75-77,82H,5-20,23-24,27,29-31,37,41-42,44-49,51-53,55-74H2,1-4H3,(H,87,88)(H,89,90)/b25-21-,26-22-,32-28-,36-33-,38-34-,39-35-,43-40-,54-50-/t75-,76-,77-/m1/s1. The second-order valence-electron chi connectivity index (χ2n) is 26.3. The molecule has 0 bridgehead atoms. The molecular formula is C81H142O17P2. The van der Waals surface area contributed by atoms with E-state index in [4.69, 9.17) is 37.0 Å². The summed E-state index contributed by atoms with van der Waals surface area (Å²) < 4.78 is 68.5. The van der Waals surface area contributed by atoms with Gasteiger partial charge in [0.2, 0.25) is 0 Å². The van der Waals surface area contributed by atoms with E-state index in [0.29, 0.717) is 32.1 Å². The van der Waals surface area contributed by atoms with Crippen molar-refractivity contribution in [3.63, 3.8) is 0 Å². The van der Waals surface area contributed by atoms with Crippen LogP contribution in [0, 0.1) is 0 Å². The summed E-state index contributed by atoms with van der Waals surface area (Å²) in [5.41, 5.74) is 0. The van der Waals surface area contributed by atoms with Gasteiger partial charge >= 0.3 is 39.5 Å². The zero-order chi connectivity index (χ0) is 73.2. The van der Waals surface area contributed by atoms with Crippen molar-refractivity contribution in [2.45, 2.75) is 354 Å². The number of phosphoric acid groups is 2. The highest BCUT2D eigenvalue weighted by Gasteiger charge is 2.30. The lowest BCUT2D eigenvalue weighted by Gasteiger charge is -2.21. The molecule has 0 saturated carbocycles. The Labute approximate surface area is 607 Å². The van der Waals surface area contributed by atoms with Gasteiger partial charge in [0.05, 0.1) is 26.4 Å². The second-order valence-corrected chi connectivity index (χ2v) is 29.2. The molecule has 0 fully saturated rings. The Kier molecular flexibility index (Phi) is 70.4. The molecule has 0 amide bonds. The molecule has 0 spiro atoms. The van der Waals surface area contributed by atoms with Gasteiger partial charge in [-0.05, 0) is 148 Å². The Morgan fingerprint density at radius 3 is 0.830 bits per heavy atom. The molecule has 0 rings (SSSR count). The molecule has 0 radical (unpaired) electrons. The van der Waals surface area contributed by atoms with E-state index in [0.717, 1.165) is 148 Å². The maximum absolute atomic E-state index is 13.1. The molecule has 2 unspecified atom stereocenters. The molecule has 0 aliphatic rings. The van der Waals surface area contributed by atoms with Gasteiger partial charge < -0.3 is 33.8 Å². The van der Waals surface area contributed by atoms with Gasteiger partial charge in [-0.15, -0.1) is 0 Å². The molecule has 3 N–H and O–H groups in total. The Balaban J connectivity index is 5.40. The van der Waals surface area contributed by atoms with Crippen LogP contribution in [0.5, 0.6) is 0 Å². The fourth-order valence-corrected chi connectivity index (χ4v) is 12.0. The molecule has 578 valence electrons. The Morgan fingerprint density at radius 2 is 0.500 bits per heavy atom. The van der Waals surface area contributed by atoms with Crippen LogP contribution in [0.1, 0.15) is 336 Å². The zero-order valence-corrected chi connectivity index (χ0v) is 64.9. The van der Waals surface area contributed by atoms with Crippen LogP contribution in [0.2, 0.25) is 0 Å². The number of phosphoric ester groups is 2. The number of hydrogen-bond acceptors (Lipinski definition) is 15. The van der Waals surface area contributed by atoms with E-state index in [1.807, 2.05) is 12.2 Å². The van der Waals surface area contributed by atoms with Crippen molar-refractivity contribution in [1.29, 1.82) is 0 Å². The van der Waals surface area contributed by atoms with Crippen molar-refractivity contribution < 1.29 is 80.2 Å². The number of hydrogen-bond donors (Lipinski definition) is 3. The van der Waals surface area contributed by atoms with Crippen molar-refractivity contribution in [3.8, 4) is 0 Å². The fraction of sp³-hybridized carbons (Fsp3) is 0.753. The maximum Gasteiger partial charge on any atom is 0.472 e. The van der Waals surface area contributed by atoms with Crippen LogP contribution in [0.3, 0.4) is 0 Å². The first-order valence-corrected chi connectivity index (χ1v) is 42.5. The molecule has 0 aliphatic carbocycles. The third-order valence-electron chi connectivity index (χ3n) is 16.5. The molecule has 0 aromatic heterocycles. The highest BCUT2D eigenvalue weighted by atomic mass is 31.2. The minimum atomic E-state index is -4.99. The number of carbonyl (C=O) groups excluding carboxylic acids is 4. The Bertz CT molecular complexity index is 2270. The van der Waals surface area contributed by atoms with Gasteiger partial charge in [-0.3, -0.25) is 37.3 Å². The van der Waals surface area contributed by atoms with Gasteiger partial charge in [0.1, 0.15) is 19.3 Å². The molecule has 100 heavy (non-hydrogen) atoms. The Hall–Kier alpha value is -4.02. The molecule has 17 nitrogen and oxygen atoms in total. The van der Waals surface area contributed by atoms with Crippen LogP contribution in [0.4, 0.5) is 0 Å². The summed E-state index contributed by atoms with van der Waals surface area (Å²) in [6, 6.07) is 0. The van der Waals surface area contributed by atoms with Crippen molar-refractivity contribution in [3.05, 3.63) is 97.2 Å². The highest BCUT2D eigenvalue weighted by Crippen LogP contribution is 2.45. The van der Waals surface area contributed by atoms with E-state index in [9.17, 15) is 43.2 Å². The minimum absolute atomic E-state index is 0.0731. The lowest BCUT2D eigenvalue weighted by molar-refractivity contribution is -0.161. The normalized spacial score (nSPS) is 14.4. The fourth-order valence-electron chi connectivity index (χ4n) is 10.4. The third kappa shape index (κ3) is 72.3. The molecule has 5 atom stereocenters. The predicted octanol–water partition coefficient (Wildman–Crippen LogP) is 22.8. The van der Waals surface area contributed by atoms with E-state index in [-0.39, 0.29) is 25.7 Å². The van der Waals surface area contributed by atoms with Gasteiger partial charge in [-0.25, -0.2) is 9.13 Å². The number of rotatable bonds is 74. The number of aliphatic hydroxyl groups is 1. The minimum Gasteiger partial charge on any atom is -0.462 e. The Morgan fingerprint density at radius 1 is 0.280 bits per heavy atom. The summed E-state index contributed by atoms with van der Waals surface area (Å²) in [6.45, 7) is 4.73. The third-order valence-corrected chi connectivity index (χ3v) is 18.4. The molecule has 0 saturated heterocycles. The first kappa shape index (κ1) is 96.0. The summed E-state index contributed by atoms with van der Waals surface area (Å²) in [5, 5.41) is 10.6. The molecule has 0 aromatic carbocycles. The number of esters is 4.